The predicted molar refractivity (Wildman–Crippen MR) is 74.0 cm³/mol. The highest BCUT2D eigenvalue weighted by Crippen LogP contribution is 2.23. The van der Waals surface area contributed by atoms with Crippen molar-refractivity contribution in [2.24, 2.45) is 0 Å². The summed E-state index contributed by atoms with van der Waals surface area (Å²) in [5.41, 5.74) is 0.594. The molecule has 18 heavy (non-hydrogen) atoms. The number of hydrogen-bond donors (Lipinski definition) is 0. The molecule has 0 heterocycles. The van der Waals surface area contributed by atoms with Crippen molar-refractivity contribution in [1.29, 1.82) is 5.26 Å². The van der Waals surface area contributed by atoms with E-state index in [1.807, 2.05) is 44.0 Å². The van der Waals surface area contributed by atoms with Crippen molar-refractivity contribution in [2.45, 2.75) is 25.8 Å². The van der Waals surface area contributed by atoms with Crippen LogP contribution in [0.1, 0.15) is 19.4 Å². The van der Waals surface area contributed by atoms with Crippen LogP contribution in [-0.4, -0.2) is 31.1 Å². The lowest BCUT2D eigenvalue weighted by Gasteiger charge is -2.29. The summed E-state index contributed by atoms with van der Waals surface area (Å²) in [6.07, 6.45) is 0.797. The average Bonchev–Trinajstić information content (AvgIpc) is 2.36. The highest BCUT2D eigenvalue weighted by Gasteiger charge is 2.22. The third-order valence-electron chi connectivity index (χ3n) is 3.19. The van der Waals surface area contributed by atoms with E-state index >= 15 is 0 Å². The zero-order valence-electron chi connectivity index (χ0n) is 11.3. The van der Waals surface area contributed by atoms with E-state index in [0.29, 0.717) is 5.02 Å². The molecule has 0 radical (unpaired) electrons. The van der Waals surface area contributed by atoms with E-state index in [9.17, 15) is 0 Å². The molecular weight excluding hydrogens is 248 g/mol. The van der Waals surface area contributed by atoms with E-state index in [4.69, 9.17) is 21.6 Å². The summed E-state index contributed by atoms with van der Waals surface area (Å²) in [6.45, 7) is 4.58. The zero-order chi connectivity index (χ0) is 13.8. The van der Waals surface area contributed by atoms with Crippen molar-refractivity contribution < 1.29 is 4.74 Å². The van der Waals surface area contributed by atoms with Crippen LogP contribution >= 0.6 is 11.6 Å². The molecule has 4 heteroatoms. The van der Waals surface area contributed by atoms with Crippen molar-refractivity contribution in [3.05, 3.63) is 28.8 Å². The van der Waals surface area contributed by atoms with Crippen molar-refractivity contribution >= 4 is 11.6 Å². The number of ether oxygens (including phenoxy) is 1. The van der Waals surface area contributed by atoms with Crippen LogP contribution in [0.2, 0.25) is 5.02 Å². The largest absolute Gasteiger partial charge is 0.496 e. The van der Waals surface area contributed by atoms with Gasteiger partial charge in [0, 0.05) is 11.6 Å². The van der Waals surface area contributed by atoms with Gasteiger partial charge in [0.2, 0.25) is 0 Å². The van der Waals surface area contributed by atoms with Crippen LogP contribution in [0, 0.1) is 11.3 Å². The molecule has 0 aliphatic rings. The van der Waals surface area contributed by atoms with Gasteiger partial charge >= 0.3 is 0 Å². The minimum absolute atomic E-state index is 0.466. The lowest BCUT2D eigenvalue weighted by Crippen LogP contribution is -2.40. The smallest absolute Gasteiger partial charge is 0.122 e. The monoisotopic (exact) mass is 266 g/mol. The number of methoxy groups -OCH3 is 1. The van der Waals surface area contributed by atoms with Crippen molar-refractivity contribution in [2.75, 3.05) is 20.7 Å². The Labute approximate surface area is 114 Å². The minimum atomic E-state index is -0.466. The molecule has 0 saturated heterocycles. The second kappa shape index (κ2) is 6.08. The maximum atomic E-state index is 9.07. The minimum Gasteiger partial charge on any atom is -0.496 e. The second-order valence-corrected chi connectivity index (χ2v) is 5.23. The van der Waals surface area contributed by atoms with Crippen molar-refractivity contribution in [3.63, 3.8) is 0 Å². The van der Waals surface area contributed by atoms with E-state index in [1.165, 1.54) is 0 Å². The number of rotatable bonds is 5. The molecule has 0 aromatic heterocycles. The molecule has 0 fully saturated rings. The normalized spacial score (nSPS) is 11.4. The molecule has 0 amide bonds. The highest BCUT2D eigenvalue weighted by atomic mass is 35.5. The van der Waals surface area contributed by atoms with Gasteiger partial charge in [-0.25, -0.2) is 0 Å². The van der Waals surface area contributed by atoms with Crippen LogP contribution in [0.15, 0.2) is 18.2 Å². The second-order valence-electron chi connectivity index (χ2n) is 4.80. The standard InChI is InChI=1S/C14H19ClN2O/c1-14(2,10-16)17(3)8-7-11-9-12(15)5-6-13(11)18-4/h5-6,9H,7-8H2,1-4H3. The molecule has 0 atom stereocenters. The number of nitriles is 1. The highest BCUT2D eigenvalue weighted by molar-refractivity contribution is 6.30. The molecule has 0 aliphatic heterocycles. The molecule has 0 bridgehead atoms. The molecule has 0 spiro atoms. The van der Waals surface area contributed by atoms with Gasteiger partial charge in [-0.2, -0.15) is 5.26 Å². The van der Waals surface area contributed by atoms with Gasteiger partial charge in [-0.05, 0) is 51.1 Å². The summed E-state index contributed by atoms with van der Waals surface area (Å²) in [5.74, 6) is 0.836. The van der Waals surface area contributed by atoms with E-state index < -0.39 is 5.54 Å². The van der Waals surface area contributed by atoms with Gasteiger partial charge in [0.1, 0.15) is 11.3 Å². The summed E-state index contributed by atoms with van der Waals surface area (Å²) in [4.78, 5) is 2.02. The van der Waals surface area contributed by atoms with Crippen molar-refractivity contribution in [3.8, 4) is 11.8 Å². The Morgan fingerprint density at radius 1 is 1.44 bits per heavy atom. The van der Waals surface area contributed by atoms with Crippen LogP contribution in [0.5, 0.6) is 5.75 Å². The number of nitrogens with zero attached hydrogens (tertiary/aromatic N) is 2. The molecule has 1 rings (SSSR count). The molecule has 98 valence electrons. The van der Waals surface area contributed by atoms with Gasteiger partial charge in [0.25, 0.3) is 0 Å². The third-order valence-corrected chi connectivity index (χ3v) is 3.42. The quantitative estimate of drug-likeness (QED) is 0.822. The van der Waals surface area contributed by atoms with E-state index in [0.717, 1.165) is 24.3 Å². The zero-order valence-corrected chi connectivity index (χ0v) is 12.1. The summed E-state index contributed by atoms with van der Waals surface area (Å²) in [7, 11) is 3.59. The Morgan fingerprint density at radius 3 is 2.67 bits per heavy atom. The fourth-order valence-electron chi connectivity index (χ4n) is 1.60. The number of halogens is 1. The number of likely N-dealkylation sites (N-methyl/N-ethyl adjacent to an activating group) is 1. The molecule has 0 saturated carbocycles. The first-order valence-electron chi connectivity index (χ1n) is 5.85. The van der Waals surface area contributed by atoms with Gasteiger partial charge in [0.15, 0.2) is 0 Å². The van der Waals surface area contributed by atoms with Gasteiger partial charge in [0.05, 0.1) is 13.2 Å². The van der Waals surface area contributed by atoms with Crippen LogP contribution in [-0.2, 0) is 6.42 Å². The van der Waals surface area contributed by atoms with Crippen molar-refractivity contribution in [1.82, 2.24) is 4.90 Å². The number of hydrogen-bond acceptors (Lipinski definition) is 3. The van der Waals surface area contributed by atoms with E-state index in [1.54, 1.807) is 7.11 Å². The lowest BCUT2D eigenvalue weighted by atomic mass is 10.0. The average molecular weight is 267 g/mol. The Balaban J connectivity index is 2.75. The summed E-state index contributed by atoms with van der Waals surface area (Å²) >= 11 is 5.98. The van der Waals surface area contributed by atoms with Crippen LogP contribution in [0.3, 0.4) is 0 Å². The van der Waals surface area contributed by atoms with Crippen LogP contribution in [0.25, 0.3) is 0 Å². The third kappa shape index (κ3) is 3.63. The lowest BCUT2D eigenvalue weighted by molar-refractivity contribution is 0.213. The summed E-state index contributed by atoms with van der Waals surface area (Å²) in [5, 5.41) is 9.77. The van der Waals surface area contributed by atoms with Crippen LogP contribution < -0.4 is 4.74 Å². The Hall–Kier alpha value is -1.24. The fourth-order valence-corrected chi connectivity index (χ4v) is 1.79. The number of benzene rings is 1. The van der Waals surface area contributed by atoms with Gasteiger partial charge in [-0.1, -0.05) is 11.6 Å². The van der Waals surface area contributed by atoms with Gasteiger partial charge in [-0.3, -0.25) is 4.90 Å². The topological polar surface area (TPSA) is 36.3 Å². The summed E-state index contributed by atoms with van der Waals surface area (Å²) in [6, 6.07) is 7.88. The molecular formula is C14H19ClN2O. The molecule has 0 unspecified atom stereocenters. The van der Waals surface area contributed by atoms with Gasteiger partial charge < -0.3 is 4.74 Å². The molecule has 3 nitrogen and oxygen atoms in total. The SMILES string of the molecule is COc1ccc(Cl)cc1CCN(C)C(C)(C)C#N. The van der Waals surface area contributed by atoms with Gasteiger partial charge in [-0.15, -0.1) is 0 Å². The fraction of sp³-hybridized carbons (Fsp3) is 0.500. The first-order chi connectivity index (χ1) is 8.40. The maximum Gasteiger partial charge on any atom is 0.122 e. The van der Waals surface area contributed by atoms with Crippen LogP contribution in [0.4, 0.5) is 0 Å². The summed E-state index contributed by atoms with van der Waals surface area (Å²) < 4.78 is 5.30. The Bertz CT molecular complexity index is 452. The molecule has 0 aliphatic carbocycles. The molecule has 1 aromatic carbocycles. The maximum absolute atomic E-state index is 9.07. The van der Waals surface area contributed by atoms with E-state index in [2.05, 4.69) is 6.07 Å². The van der Waals surface area contributed by atoms with E-state index in [-0.39, 0.29) is 0 Å². The predicted octanol–water partition coefficient (Wildman–Crippen LogP) is 3.13. The Morgan fingerprint density at radius 2 is 2.11 bits per heavy atom. The first-order valence-corrected chi connectivity index (χ1v) is 6.23. The first kappa shape index (κ1) is 14.8. The Kier molecular flexibility index (Phi) is 5.01. The molecule has 1 aromatic rings. The molecule has 0 N–H and O–H groups in total.